The number of piperazine rings is 1. The van der Waals surface area contributed by atoms with Crippen molar-refractivity contribution < 1.29 is 0 Å². The molecule has 0 unspecified atom stereocenters. The van der Waals surface area contributed by atoms with E-state index in [1.54, 1.807) is 0 Å². The molecular weight excluding hydrogens is 324 g/mol. The molecule has 1 aromatic carbocycles. The summed E-state index contributed by atoms with van der Waals surface area (Å²) in [5.74, 6) is 1.44. The first-order valence-electron chi connectivity index (χ1n) is 9.19. The van der Waals surface area contributed by atoms with Crippen LogP contribution in [0.2, 0.25) is 0 Å². The third-order valence-corrected chi connectivity index (χ3v) is 4.72. The van der Waals surface area contributed by atoms with E-state index in [1.165, 1.54) is 5.56 Å². The number of nitrogens with two attached hydrogens (primary N) is 1. The molecule has 1 fully saturated rings. The second-order valence-corrected chi connectivity index (χ2v) is 6.65. The Morgan fingerprint density at radius 3 is 2.58 bits per heavy atom. The van der Waals surface area contributed by atoms with E-state index >= 15 is 0 Å². The Bertz CT molecular complexity index is 732. The summed E-state index contributed by atoms with van der Waals surface area (Å²) in [6.45, 7) is 6.74. The van der Waals surface area contributed by atoms with Crippen LogP contribution in [-0.2, 0) is 13.0 Å². The molecule has 0 saturated carbocycles. The van der Waals surface area contributed by atoms with Gasteiger partial charge >= 0.3 is 0 Å². The Labute approximate surface area is 155 Å². The summed E-state index contributed by atoms with van der Waals surface area (Å²) in [5, 5.41) is 3.16. The summed E-state index contributed by atoms with van der Waals surface area (Å²) in [7, 11) is 2.15. The van der Waals surface area contributed by atoms with Gasteiger partial charge in [-0.05, 0) is 37.2 Å². The number of guanidine groups is 1. The number of hydrogen-bond acceptors (Lipinski definition) is 4. The number of benzene rings is 1. The topological polar surface area (TPSA) is 69.8 Å². The Morgan fingerprint density at radius 2 is 1.88 bits per heavy atom. The molecule has 3 rings (SSSR count). The Morgan fingerprint density at radius 1 is 1.15 bits per heavy atom. The second kappa shape index (κ2) is 8.67. The molecule has 0 aliphatic carbocycles. The number of aliphatic imine (C=N–C) groups is 1. The molecular formula is C20H28N6. The van der Waals surface area contributed by atoms with E-state index in [0.29, 0.717) is 12.5 Å². The van der Waals surface area contributed by atoms with Crippen molar-refractivity contribution in [2.75, 3.05) is 43.4 Å². The van der Waals surface area contributed by atoms with Gasteiger partial charge in [0.25, 0.3) is 0 Å². The highest BCUT2D eigenvalue weighted by atomic mass is 15.3. The largest absolute Gasteiger partial charge is 0.370 e. The highest BCUT2D eigenvalue weighted by Gasteiger charge is 2.17. The van der Waals surface area contributed by atoms with Crippen LogP contribution in [-0.4, -0.2) is 49.1 Å². The molecule has 1 aromatic heterocycles. The Hall–Kier alpha value is -2.60. The minimum Gasteiger partial charge on any atom is -0.370 e. The standard InChI is InChI=1S/C20H28N6/c1-3-16-6-8-18(9-7-16)24-20(21)23-15-17-5-4-10-22-19(17)26-13-11-25(2)12-14-26/h4-10H,3,11-15H2,1-2H3,(H3,21,23,24). The summed E-state index contributed by atoms with van der Waals surface area (Å²) in [5.41, 5.74) is 9.43. The lowest BCUT2D eigenvalue weighted by atomic mass is 10.1. The average molecular weight is 352 g/mol. The molecule has 1 aliphatic rings. The van der Waals surface area contributed by atoms with Crippen LogP contribution in [0.15, 0.2) is 47.6 Å². The number of nitrogens with one attached hydrogen (secondary N) is 1. The molecule has 138 valence electrons. The van der Waals surface area contributed by atoms with Crippen molar-refractivity contribution in [1.29, 1.82) is 0 Å². The first kappa shape index (κ1) is 18.2. The van der Waals surface area contributed by atoms with Gasteiger partial charge in [-0.3, -0.25) is 0 Å². The van der Waals surface area contributed by atoms with Crippen LogP contribution >= 0.6 is 0 Å². The molecule has 6 nitrogen and oxygen atoms in total. The number of aromatic nitrogens is 1. The molecule has 0 atom stereocenters. The average Bonchev–Trinajstić information content (AvgIpc) is 2.68. The van der Waals surface area contributed by atoms with Crippen molar-refractivity contribution in [2.45, 2.75) is 19.9 Å². The van der Waals surface area contributed by atoms with E-state index in [9.17, 15) is 0 Å². The maximum absolute atomic E-state index is 6.07. The first-order valence-corrected chi connectivity index (χ1v) is 9.19. The van der Waals surface area contributed by atoms with Crippen LogP contribution in [0.5, 0.6) is 0 Å². The van der Waals surface area contributed by atoms with Crippen molar-refractivity contribution in [3.63, 3.8) is 0 Å². The van der Waals surface area contributed by atoms with Crippen LogP contribution < -0.4 is 16.0 Å². The lowest BCUT2D eigenvalue weighted by molar-refractivity contribution is 0.312. The molecule has 2 heterocycles. The second-order valence-electron chi connectivity index (χ2n) is 6.65. The minimum atomic E-state index is 0.419. The van der Waals surface area contributed by atoms with E-state index < -0.39 is 0 Å². The SMILES string of the molecule is CCc1ccc(NC(N)=NCc2cccnc2N2CCN(C)CC2)cc1. The van der Waals surface area contributed by atoms with Gasteiger partial charge in [-0.15, -0.1) is 0 Å². The molecule has 6 heteroatoms. The summed E-state index contributed by atoms with van der Waals surface area (Å²) in [6.07, 6.45) is 2.87. The van der Waals surface area contributed by atoms with Gasteiger partial charge in [0, 0.05) is 43.6 Å². The summed E-state index contributed by atoms with van der Waals surface area (Å²) >= 11 is 0. The normalized spacial score (nSPS) is 15.9. The molecule has 3 N–H and O–H groups in total. The van der Waals surface area contributed by atoms with Crippen LogP contribution in [0.1, 0.15) is 18.1 Å². The van der Waals surface area contributed by atoms with Gasteiger partial charge in [-0.1, -0.05) is 25.1 Å². The Kier molecular flexibility index (Phi) is 6.07. The van der Waals surface area contributed by atoms with Crippen LogP contribution in [0.25, 0.3) is 0 Å². The molecule has 0 spiro atoms. The van der Waals surface area contributed by atoms with Crippen molar-refractivity contribution >= 4 is 17.5 Å². The highest BCUT2D eigenvalue weighted by molar-refractivity contribution is 5.92. The number of aryl methyl sites for hydroxylation is 1. The van der Waals surface area contributed by atoms with Crippen molar-refractivity contribution in [3.8, 4) is 0 Å². The molecule has 0 bridgehead atoms. The van der Waals surface area contributed by atoms with Crippen LogP contribution in [0.4, 0.5) is 11.5 Å². The van der Waals surface area contributed by atoms with E-state index in [1.807, 2.05) is 24.4 Å². The third kappa shape index (κ3) is 4.73. The van der Waals surface area contributed by atoms with E-state index in [0.717, 1.165) is 49.7 Å². The number of hydrogen-bond donors (Lipinski definition) is 2. The maximum atomic E-state index is 6.07. The number of rotatable bonds is 5. The lowest BCUT2D eigenvalue weighted by Gasteiger charge is -2.34. The quantitative estimate of drug-likeness (QED) is 0.638. The third-order valence-electron chi connectivity index (χ3n) is 4.72. The van der Waals surface area contributed by atoms with Crippen molar-refractivity contribution in [2.24, 2.45) is 10.7 Å². The maximum Gasteiger partial charge on any atom is 0.193 e. The molecule has 0 amide bonds. The van der Waals surface area contributed by atoms with Crippen molar-refractivity contribution in [1.82, 2.24) is 9.88 Å². The zero-order chi connectivity index (χ0) is 18.4. The van der Waals surface area contributed by atoms with Gasteiger partial charge in [0.15, 0.2) is 5.96 Å². The fraction of sp³-hybridized carbons (Fsp3) is 0.400. The number of anilines is 2. The Balaban J connectivity index is 1.65. The summed E-state index contributed by atoms with van der Waals surface area (Å²) < 4.78 is 0. The summed E-state index contributed by atoms with van der Waals surface area (Å²) in [4.78, 5) is 13.8. The van der Waals surface area contributed by atoms with Gasteiger partial charge in [-0.2, -0.15) is 0 Å². The minimum absolute atomic E-state index is 0.419. The smallest absolute Gasteiger partial charge is 0.193 e. The summed E-state index contributed by atoms with van der Waals surface area (Å²) in [6, 6.07) is 12.3. The van der Waals surface area contributed by atoms with E-state index in [4.69, 9.17) is 5.73 Å². The van der Waals surface area contributed by atoms with Gasteiger partial charge in [-0.25, -0.2) is 9.98 Å². The predicted molar refractivity (Wildman–Crippen MR) is 109 cm³/mol. The van der Waals surface area contributed by atoms with E-state index in [2.05, 4.69) is 57.3 Å². The van der Waals surface area contributed by atoms with Crippen molar-refractivity contribution in [3.05, 3.63) is 53.7 Å². The molecule has 2 aromatic rings. The zero-order valence-corrected chi connectivity index (χ0v) is 15.7. The molecule has 26 heavy (non-hydrogen) atoms. The fourth-order valence-electron chi connectivity index (χ4n) is 3.04. The lowest BCUT2D eigenvalue weighted by Crippen LogP contribution is -2.45. The monoisotopic (exact) mass is 352 g/mol. The van der Waals surface area contributed by atoms with Gasteiger partial charge in [0.05, 0.1) is 6.54 Å². The zero-order valence-electron chi connectivity index (χ0n) is 15.7. The fourth-order valence-corrected chi connectivity index (χ4v) is 3.04. The molecule has 1 aliphatic heterocycles. The highest BCUT2D eigenvalue weighted by Crippen LogP contribution is 2.19. The van der Waals surface area contributed by atoms with Crippen LogP contribution in [0, 0.1) is 0 Å². The van der Waals surface area contributed by atoms with E-state index in [-0.39, 0.29) is 0 Å². The van der Waals surface area contributed by atoms with Gasteiger partial charge in [0.2, 0.25) is 0 Å². The number of likely N-dealkylation sites (N-methyl/N-ethyl adjacent to an activating group) is 1. The number of pyridine rings is 1. The molecule has 1 saturated heterocycles. The van der Waals surface area contributed by atoms with Gasteiger partial charge < -0.3 is 20.9 Å². The number of nitrogens with zero attached hydrogens (tertiary/aromatic N) is 4. The first-order chi connectivity index (χ1) is 12.7. The molecule has 0 radical (unpaired) electrons. The predicted octanol–water partition coefficient (Wildman–Crippen LogP) is 2.32. The van der Waals surface area contributed by atoms with Crippen LogP contribution in [0.3, 0.4) is 0 Å². The van der Waals surface area contributed by atoms with Gasteiger partial charge in [0.1, 0.15) is 5.82 Å².